The van der Waals surface area contributed by atoms with Crippen LogP contribution < -0.4 is 0 Å². The highest BCUT2D eigenvalue weighted by molar-refractivity contribution is 5.65. The van der Waals surface area contributed by atoms with Crippen molar-refractivity contribution in [2.45, 2.75) is 72.0 Å². The summed E-state index contributed by atoms with van der Waals surface area (Å²) in [5, 5.41) is 22.1. The highest BCUT2D eigenvalue weighted by atomic mass is 16.4. The van der Waals surface area contributed by atoms with Crippen LogP contribution >= 0.6 is 0 Å². The second-order valence-corrected chi connectivity index (χ2v) is 9.08. The molecule has 1 aliphatic carbocycles. The first-order chi connectivity index (χ1) is 13.9. The second kappa shape index (κ2) is 11.2. The van der Waals surface area contributed by atoms with Gasteiger partial charge in [-0.15, -0.1) is 0 Å². The Morgan fingerprint density at radius 3 is 1.77 bits per heavy atom. The van der Waals surface area contributed by atoms with Crippen LogP contribution in [0.15, 0.2) is 83.6 Å². The molecule has 3 heteroatoms. The van der Waals surface area contributed by atoms with Crippen molar-refractivity contribution in [2.24, 2.45) is 5.41 Å². The lowest BCUT2D eigenvalue weighted by Gasteiger charge is -2.53. The van der Waals surface area contributed by atoms with Crippen molar-refractivity contribution >= 4 is 6.29 Å². The number of allylic oxidation sites excluding steroid dienone is 13. The minimum absolute atomic E-state index is 0.386. The minimum Gasteiger partial charge on any atom is -0.387 e. The summed E-state index contributed by atoms with van der Waals surface area (Å²) < 4.78 is 0. The second-order valence-electron chi connectivity index (χ2n) is 9.08. The van der Waals surface area contributed by atoms with E-state index in [0.29, 0.717) is 6.42 Å². The largest absolute Gasteiger partial charge is 0.387 e. The van der Waals surface area contributed by atoms with Crippen molar-refractivity contribution in [3.63, 3.8) is 0 Å². The van der Waals surface area contributed by atoms with Crippen LogP contribution in [-0.2, 0) is 4.79 Å². The average Bonchev–Trinajstić information content (AvgIpc) is 2.66. The van der Waals surface area contributed by atoms with Gasteiger partial charge in [-0.3, -0.25) is 4.79 Å². The highest BCUT2D eigenvalue weighted by Gasteiger charge is 2.56. The maximum absolute atomic E-state index is 11.3. The Balaban J connectivity index is 2.79. The fourth-order valence-electron chi connectivity index (χ4n) is 3.77. The smallest absolute Gasteiger partial charge is 0.142 e. The Bertz CT molecular complexity index is 780. The van der Waals surface area contributed by atoms with Gasteiger partial charge >= 0.3 is 0 Å². The van der Waals surface area contributed by atoms with Gasteiger partial charge in [-0.1, -0.05) is 85.3 Å². The van der Waals surface area contributed by atoms with Gasteiger partial charge in [0, 0.05) is 0 Å². The molecule has 0 saturated heterocycles. The summed E-state index contributed by atoms with van der Waals surface area (Å²) in [5.74, 6) is 0. The SMILES string of the molecule is CC(/C=C/C=O)=C\C=C\C=C(C)\C=C\C=C(C)\C=C\[C@@]1(O)C(C)(C)CCC[C@@]1(C)O. The predicted molar refractivity (Wildman–Crippen MR) is 127 cm³/mol. The third-order valence-electron chi connectivity index (χ3n) is 5.89. The molecule has 1 aliphatic rings. The zero-order valence-corrected chi connectivity index (χ0v) is 19.4. The maximum Gasteiger partial charge on any atom is 0.142 e. The molecule has 3 nitrogen and oxygen atoms in total. The Hall–Kier alpha value is -2.23. The van der Waals surface area contributed by atoms with Gasteiger partial charge in [0.25, 0.3) is 0 Å². The summed E-state index contributed by atoms with van der Waals surface area (Å²) in [4.78, 5) is 10.3. The molecule has 1 saturated carbocycles. The number of carbonyl (C=O) groups excluding carboxylic acids is 1. The average molecular weight is 411 g/mol. The van der Waals surface area contributed by atoms with E-state index in [1.165, 1.54) is 6.08 Å². The summed E-state index contributed by atoms with van der Waals surface area (Å²) in [5.41, 5.74) is 0.326. The first-order valence-electron chi connectivity index (χ1n) is 10.6. The van der Waals surface area contributed by atoms with E-state index in [2.05, 4.69) is 0 Å². The molecule has 0 amide bonds. The van der Waals surface area contributed by atoms with E-state index < -0.39 is 11.2 Å². The third kappa shape index (κ3) is 7.23. The lowest BCUT2D eigenvalue weighted by Crippen LogP contribution is -2.62. The Kier molecular flexibility index (Phi) is 9.67. The molecule has 1 fully saturated rings. The molecule has 164 valence electrons. The van der Waals surface area contributed by atoms with Crippen LogP contribution in [0.25, 0.3) is 0 Å². The van der Waals surface area contributed by atoms with Gasteiger partial charge in [-0.05, 0) is 64.5 Å². The van der Waals surface area contributed by atoms with Crippen molar-refractivity contribution in [1.29, 1.82) is 0 Å². The van der Waals surface area contributed by atoms with Crippen LogP contribution in [0.1, 0.15) is 60.8 Å². The van der Waals surface area contributed by atoms with Crippen molar-refractivity contribution in [1.82, 2.24) is 0 Å². The van der Waals surface area contributed by atoms with Gasteiger partial charge in [0.15, 0.2) is 0 Å². The van der Waals surface area contributed by atoms with E-state index in [0.717, 1.165) is 35.8 Å². The van der Waals surface area contributed by atoms with E-state index >= 15 is 0 Å². The van der Waals surface area contributed by atoms with Crippen LogP contribution in [0.2, 0.25) is 0 Å². The molecule has 0 heterocycles. The first kappa shape index (κ1) is 25.8. The molecule has 0 aliphatic heterocycles. The molecule has 0 spiro atoms. The van der Waals surface area contributed by atoms with E-state index in [1.807, 2.05) is 83.2 Å². The van der Waals surface area contributed by atoms with Crippen LogP contribution in [0, 0.1) is 5.41 Å². The molecular weight excluding hydrogens is 372 g/mol. The van der Waals surface area contributed by atoms with Crippen molar-refractivity contribution < 1.29 is 15.0 Å². The van der Waals surface area contributed by atoms with Crippen LogP contribution in [0.3, 0.4) is 0 Å². The summed E-state index contributed by atoms with van der Waals surface area (Å²) in [6.07, 6.45) is 23.9. The fourth-order valence-corrected chi connectivity index (χ4v) is 3.77. The third-order valence-corrected chi connectivity index (χ3v) is 5.89. The van der Waals surface area contributed by atoms with Crippen LogP contribution in [0.5, 0.6) is 0 Å². The Morgan fingerprint density at radius 2 is 1.23 bits per heavy atom. The van der Waals surface area contributed by atoms with Crippen LogP contribution in [-0.4, -0.2) is 27.7 Å². The van der Waals surface area contributed by atoms with Crippen LogP contribution in [0.4, 0.5) is 0 Å². The van der Waals surface area contributed by atoms with E-state index in [-0.39, 0.29) is 5.41 Å². The van der Waals surface area contributed by atoms with E-state index in [1.54, 1.807) is 19.1 Å². The number of aldehydes is 1. The van der Waals surface area contributed by atoms with Crippen molar-refractivity contribution in [3.8, 4) is 0 Å². The molecular formula is C27H38O3. The molecule has 0 bridgehead atoms. The Morgan fingerprint density at radius 1 is 0.733 bits per heavy atom. The molecule has 0 aromatic carbocycles. The zero-order valence-electron chi connectivity index (χ0n) is 19.4. The van der Waals surface area contributed by atoms with Crippen molar-refractivity contribution in [2.75, 3.05) is 0 Å². The van der Waals surface area contributed by atoms with E-state index in [4.69, 9.17) is 0 Å². The summed E-state index contributed by atoms with van der Waals surface area (Å²) in [6, 6.07) is 0. The highest BCUT2D eigenvalue weighted by Crippen LogP contribution is 2.50. The van der Waals surface area contributed by atoms with Gasteiger partial charge in [-0.2, -0.15) is 0 Å². The number of carbonyl (C=O) groups is 1. The molecule has 0 unspecified atom stereocenters. The Labute approximate surface area is 182 Å². The molecule has 1 rings (SSSR count). The fraction of sp³-hybridized carbons (Fsp3) is 0.444. The van der Waals surface area contributed by atoms with Gasteiger partial charge in [0.05, 0.1) is 5.60 Å². The lowest BCUT2D eigenvalue weighted by molar-refractivity contribution is -0.194. The molecule has 0 radical (unpaired) electrons. The topological polar surface area (TPSA) is 57.5 Å². The molecule has 2 atom stereocenters. The summed E-state index contributed by atoms with van der Waals surface area (Å²) in [7, 11) is 0. The monoisotopic (exact) mass is 410 g/mol. The number of rotatable bonds is 8. The molecule has 30 heavy (non-hydrogen) atoms. The normalized spacial score (nSPS) is 29.0. The lowest BCUT2D eigenvalue weighted by atomic mass is 9.58. The van der Waals surface area contributed by atoms with Gasteiger partial charge in [-0.25, -0.2) is 0 Å². The minimum atomic E-state index is -1.26. The predicted octanol–water partition coefficient (Wildman–Crippen LogP) is 5.94. The van der Waals surface area contributed by atoms with Gasteiger partial charge < -0.3 is 10.2 Å². The van der Waals surface area contributed by atoms with Gasteiger partial charge in [0.1, 0.15) is 11.9 Å². The summed E-state index contributed by atoms with van der Waals surface area (Å²) in [6.45, 7) is 11.7. The van der Waals surface area contributed by atoms with E-state index in [9.17, 15) is 15.0 Å². The standard InChI is InChI=1S/C27H38O3/c1-22(12-7-8-13-23(2)16-10-21-28)14-9-15-24(3)17-20-27(30)25(4,5)18-11-19-26(27,6)29/h7-10,12-17,20-21,29-30H,11,18-19H2,1-6H3/b8-7+,14-9+,16-10+,20-17+,22-12+,23-13+,24-15+/t26-,27-/m1/s1. The summed E-state index contributed by atoms with van der Waals surface area (Å²) >= 11 is 0. The zero-order chi connectivity index (χ0) is 22.8. The number of hydrogen-bond acceptors (Lipinski definition) is 3. The van der Waals surface area contributed by atoms with Crippen molar-refractivity contribution in [3.05, 3.63) is 83.6 Å². The molecule has 0 aromatic rings. The molecule has 2 N–H and O–H groups in total. The number of aliphatic hydroxyl groups is 2. The maximum atomic E-state index is 11.3. The molecule has 0 aromatic heterocycles. The quantitative estimate of drug-likeness (QED) is 0.296. The number of hydrogen-bond donors (Lipinski definition) is 2. The van der Waals surface area contributed by atoms with Gasteiger partial charge in [0.2, 0.25) is 0 Å². The first-order valence-corrected chi connectivity index (χ1v) is 10.6.